The maximum Gasteiger partial charge on any atom is 0.253 e. The van der Waals surface area contributed by atoms with Crippen molar-refractivity contribution in [2.45, 2.75) is 6.54 Å². The molecule has 1 amide bonds. The Morgan fingerprint density at radius 1 is 0.900 bits per heavy atom. The molecule has 0 unspecified atom stereocenters. The van der Waals surface area contributed by atoms with Gasteiger partial charge in [-0.2, -0.15) is 0 Å². The Hall–Kier alpha value is -2.57. The first-order chi connectivity index (χ1) is 14.6. The Morgan fingerprint density at radius 2 is 1.63 bits per heavy atom. The van der Waals surface area contributed by atoms with E-state index in [1.54, 1.807) is 7.11 Å². The molecule has 2 aliphatic heterocycles. The molecule has 6 nitrogen and oxygen atoms in total. The Morgan fingerprint density at radius 3 is 2.37 bits per heavy atom. The van der Waals surface area contributed by atoms with Gasteiger partial charge in [0.25, 0.3) is 5.91 Å². The van der Waals surface area contributed by atoms with Gasteiger partial charge in [-0.1, -0.05) is 24.3 Å². The third-order valence-corrected chi connectivity index (χ3v) is 6.17. The minimum absolute atomic E-state index is 0.158. The van der Waals surface area contributed by atoms with Crippen molar-refractivity contribution < 1.29 is 9.53 Å². The van der Waals surface area contributed by atoms with Crippen LogP contribution in [0.5, 0.6) is 5.75 Å². The first-order valence-electron chi connectivity index (χ1n) is 10.8. The summed E-state index contributed by atoms with van der Waals surface area (Å²) in [6.45, 7) is 8.33. The van der Waals surface area contributed by atoms with Crippen LogP contribution in [0.2, 0.25) is 0 Å². The molecule has 160 valence electrons. The van der Waals surface area contributed by atoms with E-state index >= 15 is 0 Å². The topological polar surface area (TPSA) is 39.3 Å². The number of benzene rings is 2. The molecule has 0 aliphatic carbocycles. The van der Waals surface area contributed by atoms with Gasteiger partial charge >= 0.3 is 0 Å². The fourth-order valence-corrected chi connectivity index (χ4v) is 4.29. The number of methoxy groups -OCH3 is 1. The van der Waals surface area contributed by atoms with Crippen LogP contribution in [0.3, 0.4) is 0 Å². The summed E-state index contributed by atoms with van der Waals surface area (Å²) < 4.78 is 5.52. The normalized spacial score (nSPS) is 18.5. The van der Waals surface area contributed by atoms with E-state index in [2.05, 4.69) is 46.0 Å². The lowest BCUT2D eigenvalue weighted by Gasteiger charge is -2.36. The highest BCUT2D eigenvalue weighted by Crippen LogP contribution is 2.28. The third kappa shape index (κ3) is 4.77. The van der Waals surface area contributed by atoms with Gasteiger partial charge in [0, 0.05) is 64.5 Å². The number of likely N-dealkylation sites (N-methyl/N-ethyl adjacent to an activating group) is 1. The van der Waals surface area contributed by atoms with Crippen molar-refractivity contribution >= 4 is 11.6 Å². The van der Waals surface area contributed by atoms with Crippen LogP contribution in [-0.2, 0) is 6.54 Å². The van der Waals surface area contributed by atoms with Gasteiger partial charge in [-0.05, 0) is 36.9 Å². The van der Waals surface area contributed by atoms with E-state index < -0.39 is 0 Å². The van der Waals surface area contributed by atoms with Gasteiger partial charge in [0.15, 0.2) is 0 Å². The maximum atomic E-state index is 12.9. The van der Waals surface area contributed by atoms with Crippen LogP contribution in [-0.4, -0.2) is 87.1 Å². The average Bonchev–Trinajstić information content (AvgIpc) is 2.80. The summed E-state index contributed by atoms with van der Waals surface area (Å²) in [5, 5.41) is 0. The molecule has 2 aromatic rings. The highest BCUT2D eigenvalue weighted by Gasteiger charge is 2.22. The summed E-state index contributed by atoms with van der Waals surface area (Å²) in [6, 6.07) is 16.4. The lowest BCUT2D eigenvalue weighted by atomic mass is 10.1. The summed E-state index contributed by atoms with van der Waals surface area (Å²) >= 11 is 0. The van der Waals surface area contributed by atoms with Crippen LogP contribution >= 0.6 is 0 Å². The molecule has 6 heteroatoms. The Bertz CT molecular complexity index is 856. The lowest BCUT2D eigenvalue weighted by Crippen LogP contribution is -2.47. The van der Waals surface area contributed by atoms with Crippen LogP contribution in [0.15, 0.2) is 48.5 Å². The molecule has 0 bridgehead atoms. The highest BCUT2D eigenvalue weighted by atomic mass is 16.5. The molecule has 0 atom stereocenters. The Balaban J connectivity index is 1.34. The first-order valence-corrected chi connectivity index (χ1v) is 10.8. The summed E-state index contributed by atoms with van der Waals surface area (Å²) in [6.07, 6.45) is 0. The summed E-state index contributed by atoms with van der Waals surface area (Å²) in [5.41, 5.74) is 3.19. The Kier molecular flexibility index (Phi) is 6.55. The zero-order valence-corrected chi connectivity index (χ0v) is 18.1. The molecule has 30 heavy (non-hydrogen) atoms. The van der Waals surface area contributed by atoms with Gasteiger partial charge < -0.3 is 19.4 Å². The largest absolute Gasteiger partial charge is 0.495 e. The number of rotatable bonds is 5. The molecular formula is C24H32N4O2. The summed E-state index contributed by atoms with van der Waals surface area (Å²) in [7, 11) is 3.83. The number of carbonyl (C=O) groups excluding carboxylic acids is 1. The molecule has 0 radical (unpaired) electrons. The molecule has 2 heterocycles. The SMILES string of the molecule is COc1ccccc1N1CCN(Cc2cccc(C(=O)N3CCN(C)CC3)c2)CC1. The van der Waals surface area contributed by atoms with Crippen LogP contribution in [0, 0.1) is 0 Å². The fourth-order valence-electron chi connectivity index (χ4n) is 4.29. The summed E-state index contributed by atoms with van der Waals surface area (Å²) in [4.78, 5) is 22.0. The van der Waals surface area contributed by atoms with E-state index in [1.165, 1.54) is 11.3 Å². The van der Waals surface area contributed by atoms with E-state index in [0.29, 0.717) is 0 Å². The summed E-state index contributed by atoms with van der Waals surface area (Å²) in [5.74, 6) is 1.09. The number of para-hydroxylation sites is 2. The predicted octanol–water partition coefficient (Wildman–Crippen LogP) is 2.41. The standard InChI is InChI=1S/C24H32N4O2/c1-25-10-14-28(15-11-25)24(29)21-7-5-6-20(18-21)19-26-12-16-27(17-13-26)22-8-3-4-9-23(22)30-2/h3-9,18H,10-17,19H2,1-2H3. The van der Waals surface area contributed by atoms with Gasteiger partial charge in [0.1, 0.15) is 5.75 Å². The van der Waals surface area contributed by atoms with Crippen molar-refractivity contribution in [3.8, 4) is 5.75 Å². The van der Waals surface area contributed by atoms with Crippen LogP contribution < -0.4 is 9.64 Å². The number of hydrogen-bond acceptors (Lipinski definition) is 5. The molecular weight excluding hydrogens is 376 g/mol. The van der Waals surface area contributed by atoms with Crippen molar-refractivity contribution in [1.29, 1.82) is 0 Å². The highest BCUT2D eigenvalue weighted by molar-refractivity contribution is 5.94. The van der Waals surface area contributed by atoms with Crippen molar-refractivity contribution in [1.82, 2.24) is 14.7 Å². The van der Waals surface area contributed by atoms with Crippen molar-refractivity contribution in [3.63, 3.8) is 0 Å². The first kappa shape index (κ1) is 20.7. The second-order valence-electron chi connectivity index (χ2n) is 8.23. The van der Waals surface area contributed by atoms with Crippen molar-refractivity contribution in [2.24, 2.45) is 0 Å². The zero-order valence-electron chi connectivity index (χ0n) is 18.1. The fraction of sp³-hybridized carbons (Fsp3) is 0.458. The van der Waals surface area contributed by atoms with Gasteiger partial charge in [-0.25, -0.2) is 0 Å². The van der Waals surface area contributed by atoms with Crippen LogP contribution in [0.4, 0.5) is 5.69 Å². The zero-order chi connectivity index (χ0) is 20.9. The number of amides is 1. The number of anilines is 1. The van der Waals surface area contributed by atoms with E-state index in [4.69, 9.17) is 4.74 Å². The number of carbonyl (C=O) groups is 1. The molecule has 0 N–H and O–H groups in total. The van der Waals surface area contributed by atoms with Crippen molar-refractivity contribution in [3.05, 3.63) is 59.7 Å². The van der Waals surface area contributed by atoms with E-state index in [-0.39, 0.29) is 5.91 Å². The average molecular weight is 409 g/mol. The van der Waals surface area contributed by atoms with Crippen LogP contribution in [0.1, 0.15) is 15.9 Å². The smallest absolute Gasteiger partial charge is 0.253 e. The number of nitrogens with zero attached hydrogens (tertiary/aromatic N) is 4. The second-order valence-corrected chi connectivity index (χ2v) is 8.23. The third-order valence-electron chi connectivity index (χ3n) is 6.17. The number of ether oxygens (including phenoxy) is 1. The number of piperazine rings is 2. The number of hydrogen-bond donors (Lipinski definition) is 0. The Labute approximate surface area is 179 Å². The molecule has 2 aliphatic rings. The molecule has 0 spiro atoms. The minimum Gasteiger partial charge on any atom is -0.495 e. The molecule has 2 aromatic carbocycles. The maximum absolute atomic E-state index is 12.9. The predicted molar refractivity (Wildman–Crippen MR) is 120 cm³/mol. The van der Waals surface area contributed by atoms with E-state index in [0.717, 1.165) is 70.2 Å². The quantitative estimate of drug-likeness (QED) is 0.760. The minimum atomic E-state index is 0.158. The van der Waals surface area contributed by atoms with Gasteiger partial charge in [-0.3, -0.25) is 9.69 Å². The van der Waals surface area contributed by atoms with E-state index in [9.17, 15) is 4.79 Å². The van der Waals surface area contributed by atoms with E-state index in [1.807, 2.05) is 29.2 Å². The lowest BCUT2D eigenvalue weighted by molar-refractivity contribution is 0.0664. The second kappa shape index (κ2) is 9.49. The monoisotopic (exact) mass is 408 g/mol. The molecule has 4 rings (SSSR count). The molecule has 0 saturated carbocycles. The van der Waals surface area contributed by atoms with Crippen molar-refractivity contribution in [2.75, 3.05) is 71.4 Å². The molecule has 2 fully saturated rings. The molecule has 0 aromatic heterocycles. The van der Waals surface area contributed by atoms with Gasteiger partial charge in [0.05, 0.1) is 12.8 Å². The van der Waals surface area contributed by atoms with Crippen LogP contribution in [0.25, 0.3) is 0 Å². The molecule has 2 saturated heterocycles. The van der Waals surface area contributed by atoms with Gasteiger partial charge in [0.2, 0.25) is 0 Å². The van der Waals surface area contributed by atoms with Gasteiger partial charge in [-0.15, -0.1) is 0 Å².